The van der Waals surface area contributed by atoms with Crippen molar-refractivity contribution in [1.82, 2.24) is 5.06 Å². The van der Waals surface area contributed by atoms with Crippen LogP contribution in [0.25, 0.3) is 11.6 Å². The molecule has 2 saturated carbocycles. The van der Waals surface area contributed by atoms with Gasteiger partial charge in [-0.15, -0.1) is 9.35 Å². The molecule has 1 aliphatic heterocycles. The number of benzene rings is 1. The van der Waals surface area contributed by atoms with E-state index in [1.165, 1.54) is 37.3 Å². The Bertz CT molecular complexity index is 1450. The summed E-state index contributed by atoms with van der Waals surface area (Å²) in [7, 11) is -6.38. The predicted molar refractivity (Wildman–Crippen MR) is 121 cm³/mol. The number of nitrogens with zero attached hydrogens (tertiary/aromatic N) is 1. The van der Waals surface area contributed by atoms with E-state index < -0.39 is 67.5 Å². The SMILES string of the molecule is CC1(OC(=O)C2C3CCC(C3)C2C(=O)O)C=Cc2cccc3c2C(=C1)C(=O)N(OS(=O)(=O)C(F)(F)F)C3=O. The average molecular weight is 555 g/mol. The van der Waals surface area contributed by atoms with Crippen molar-refractivity contribution in [2.45, 2.75) is 37.3 Å². The Kier molecular flexibility index (Phi) is 5.84. The van der Waals surface area contributed by atoms with Gasteiger partial charge in [0.1, 0.15) is 5.60 Å². The van der Waals surface area contributed by atoms with Gasteiger partial charge in [0, 0.05) is 5.56 Å². The molecule has 5 rings (SSSR count). The second-order valence-electron chi connectivity index (χ2n) is 9.87. The quantitative estimate of drug-likeness (QED) is 0.329. The molecule has 2 fully saturated rings. The van der Waals surface area contributed by atoms with Crippen LogP contribution in [0, 0.1) is 23.7 Å². The number of alkyl halides is 3. The lowest BCUT2D eigenvalue weighted by Gasteiger charge is -2.31. The molecule has 0 saturated heterocycles. The molecule has 2 amide bonds. The van der Waals surface area contributed by atoms with Gasteiger partial charge in [-0.2, -0.15) is 21.6 Å². The van der Waals surface area contributed by atoms with E-state index in [1.54, 1.807) is 0 Å². The summed E-state index contributed by atoms with van der Waals surface area (Å²) in [5.41, 5.74) is -8.11. The molecule has 1 heterocycles. The summed E-state index contributed by atoms with van der Waals surface area (Å²) in [6.07, 6.45) is 5.81. The van der Waals surface area contributed by atoms with Crippen molar-refractivity contribution < 1.29 is 54.9 Å². The van der Waals surface area contributed by atoms with E-state index >= 15 is 0 Å². The predicted octanol–water partition coefficient (Wildman–Crippen LogP) is 2.91. The van der Waals surface area contributed by atoms with Crippen LogP contribution in [0.4, 0.5) is 13.2 Å². The Hall–Kier alpha value is -3.52. The maximum atomic E-state index is 13.3. The fourth-order valence-corrected chi connectivity index (χ4v) is 6.29. The summed E-state index contributed by atoms with van der Waals surface area (Å²) in [4.78, 5) is 51.1. The first-order chi connectivity index (χ1) is 17.6. The number of fused-ring (bicyclic) bond motifs is 2. The van der Waals surface area contributed by atoms with Crippen LogP contribution in [0.3, 0.4) is 0 Å². The molecule has 0 aromatic heterocycles. The molecule has 2 bridgehead atoms. The smallest absolute Gasteiger partial charge is 0.481 e. The number of esters is 1. The second-order valence-corrected chi connectivity index (χ2v) is 11.4. The molecule has 0 spiro atoms. The number of hydrogen-bond acceptors (Lipinski definition) is 8. The molecule has 14 heteroatoms. The van der Waals surface area contributed by atoms with Gasteiger partial charge in [0.25, 0.3) is 11.8 Å². The lowest BCUT2D eigenvalue weighted by molar-refractivity contribution is -0.165. The third kappa shape index (κ3) is 4.02. The number of carboxylic acid groups (broad SMARTS) is 1. The number of aliphatic carboxylic acids is 1. The monoisotopic (exact) mass is 555 g/mol. The summed E-state index contributed by atoms with van der Waals surface area (Å²) >= 11 is 0. The Balaban J connectivity index is 1.53. The summed E-state index contributed by atoms with van der Waals surface area (Å²) < 4.78 is 71.6. The molecule has 4 aliphatic rings. The highest BCUT2D eigenvalue weighted by atomic mass is 32.2. The largest absolute Gasteiger partial charge is 0.525 e. The summed E-state index contributed by atoms with van der Waals surface area (Å²) in [6.45, 7) is 1.37. The van der Waals surface area contributed by atoms with Crippen LogP contribution in [0.2, 0.25) is 0 Å². The molecular weight excluding hydrogens is 535 g/mol. The van der Waals surface area contributed by atoms with Crippen molar-refractivity contribution in [2.24, 2.45) is 23.7 Å². The number of halogens is 3. The number of imide groups is 1. The van der Waals surface area contributed by atoms with Crippen molar-refractivity contribution in [3.8, 4) is 0 Å². The number of carbonyl (C=O) groups excluding carboxylic acids is 3. The van der Waals surface area contributed by atoms with E-state index in [1.807, 2.05) is 0 Å². The maximum absolute atomic E-state index is 13.3. The first-order valence-corrected chi connectivity index (χ1v) is 12.9. The second kappa shape index (κ2) is 8.50. The van der Waals surface area contributed by atoms with E-state index in [0.717, 1.165) is 6.08 Å². The molecular formula is C24H20F3NO9S. The van der Waals surface area contributed by atoms with Crippen LogP contribution in [0.5, 0.6) is 0 Å². The van der Waals surface area contributed by atoms with Gasteiger partial charge in [-0.05, 0) is 61.8 Å². The molecule has 5 unspecified atom stereocenters. The minimum absolute atomic E-state index is 0.00823. The van der Waals surface area contributed by atoms with Gasteiger partial charge in [0.05, 0.1) is 23.0 Å². The molecule has 3 aliphatic carbocycles. The van der Waals surface area contributed by atoms with Crippen LogP contribution >= 0.6 is 0 Å². The summed E-state index contributed by atoms with van der Waals surface area (Å²) in [6, 6.07) is 4.03. The third-order valence-corrected chi connectivity index (χ3v) is 8.38. The Morgan fingerprint density at radius 2 is 1.76 bits per heavy atom. The normalized spacial score (nSPS) is 30.1. The molecule has 38 heavy (non-hydrogen) atoms. The average Bonchev–Trinajstić information content (AvgIpc) is 3.40. The van der Waals surface area contributed by atoms with Crippen molar-refractivity contribution >= 4 is 45.5 Å². The van der Waals surface area contributed by atoms with Crippen LogP contribution in [-0.2, 0) is 33.5 Å². The van der Waals surface area contributed by atoms with Crippen LogP contribution in [-0.4, -0.2) is 53.4 Å². The van der Waals surface area contributed by atoms with Gasteiger partial charge in [0.15, 0.2) is 0 Å². The van der Waals surface area contributed by atoms with E-state index in [0.29, 0.717) is 19.3 Å². The van der Waals surface area contributed by atoms with Gasteiger partial charge in [-0.3, -0.25) is 19.2 Å². The zero-order valence-corrected chi connectivity index (χ0v) is 20.4. The van der Waals surface area contributed by atoms with Gasteiger partial charge in [-0.1, -0.05) is 18.2 Å². The summed E-state index contributed by atoms with van der Waals surface area (Å²) in [5, 5.41) is 9.19. The fraction of sp³-hybridized carbons (Fsp3) is 0.417. The Morgan fingerprint density at radius 1 is 1.11 bits per heavy atom. The van der Waals surface area contributed by atoms with E-state index in [9.17, 15) is 45.9 Å². The first-order valence-electron chi connectivity index (χ1n) is 11.5. The Labute approximate surface area is 213 Å². The molecule has 1 N–H and O–H groups in total. The summed E-state index contributed by atoms with van der Waals surface area (Å²) in [5.74, 6) is -7.08. The van der Waals surface area contributed by atoms with Crippen molar-refractivity contribution in [3.63, 3.8) is 0 Å². The number of ether oxygens (including phenoxy) is 1. The van der Waals surface area contributed by atoms with E-state index in [4.69, 9.17) is 4.74 Å². The number of amides is 2. The standard InChI is InChI=1S/C24H20F3NO9S/c1-23(36-22(33)18-13-6-5-12(9-13)17(18)21(31)32)8-7-11-3-2-4-14-16(11)15(10-23)20(30)28(19(14)29)37-38(34,35)24(25,26)27/h2-4,7-8,10,12-13,17-18H,5-6,9H2,1H3,(H,31,32). The third-order valence-electron chi connectivity index (χ3n) is 7.47. The van der Waals surface area contributed by atoms with Gasteiger partial charge in [-0.25, -0.2) is 0 Å². The molecule has 1 aromatic rings. The zero-order valence-electron chi connectivity index (χ0n) is 19.6. The van der Waals surface area contributed by atoms with E-state index in [2.05, 4.69) is 4.28 Å². The number of carbonyl (C=O) groups is 4. The maximum Gasteiger partial charge on any atom is 0.525 e. The lowest BCUT2D eigenvalue weighted by Crippen LogP contribution is -2.46. The highest BCUT2D eigenvalue weighted by molar-refractivity contribution is 7.87. The van der Waals surface area contributed by atoms with Crippen molar-refractivity contribution in [3.05, 3.63) is 47.0 Å². The van der Waals surface area contributed by atoms with Crippen molar-refractivity contribution in [2.75, 3.05) is 0 Å². The van der Waals surface area contributed by atoms with Crippen LogP contribution in [0.1, 0.15) is 47.7 Å². The van der Waals surface area contributed by atoms with Gasteiger partial charge in [0.2, 0.25) is 0 Å². The molecule has 10 nitrogen and oxygen atoms in total. The highest BCUT2D eigenvalue weighted by Crippen LogP contribution is 2.53. The number of hydroxylamine groups is 2. The van der Waals surface area contributed by atoms with Gasteiger partial charge >= 0.3 is 27.6 Å². The Morgan fingerprint density at radius 3 is 2.39 bits per heavy atom. The number of carboxylic acids is 1. The zero-order chi connectivity index (χ0) is 27.8. The molecule has 5 atom stereocenters. The molecule has 1 aromatic carbocycles. The molecule has 202 valence electrons. The fourth-order valence-electron chi connectivity index (χ4n) is 5.87. The topological polar surface area (TPSA) is 144 Å². The highest BCUT2D eigenvalue weighted by Gasteiger charge is 2.56. The van der Waals surface area contributed by atoms with Crippen LogP contribution < -0.4 is 0 Å². The number of rotatable bonds is 5. The van der Waals surface area contributed by atoms with E-state index in [-0.39, 0.29) is 28.5 Å². The van der Waals surface area contributed by atoms with Crippen LogP contribution in [0.15, 0.2) is 30.4 Å². The molecule has 0 radical (unpaired) electrons. The number of hydrogen-bond donors (Lipinski definition) is 1. The van der Waals surface area contributed by atoms with Gasteiger partial charge < -0.3 is 9.84 Å². The minimum atomic E-state index is -6.38. The first kappa shape index (κ1) is 26.1. The lowest BCUT2D eigenvalue weighted by atomic mass is 9.79. The van der Waals surface area contributed by atoms with Crippen molar-refractivity contribution in [1.29, 1.82) is 0 Å². The minimum Gasteiger partial charge on any atom is -0.481 e.